The first-order chi connectivity index (χ1) is 20.7. The number of aryl methyl sites for hydroxylation is 2. The van der Waals surface area contributed by atoms with Crippen LogP contribution in [-0.2, 0) is 18.3 Å². The molecule has 2 aromatic carbocycles. The summed E-state index contributed by atoms with van der Waals surface area (Å²) in [5.74, 6) is 0.454. The summed E-state index contributed by atoms with van der Waals surface area (Å²) >= 11 is 0. The summed E-state index contributed by atoms with van der Waals surface area (Å²) in [6.45, 7) is 15.3. The Kier molecular flexibility index (Phi) is 11.4. The summed E-state index contributed by atoms with van der Waals surface area (Å²) in [5.41, 5.74) is 13.1. The lowest BCUT2D eigenvalue weighted by Crippen LogP contribution is -2.48. The number of amidine groups is 1. The number of nitrogens with zero attached hydrogens (tertiary/aromatic N) is 3. The Morgan fingerprint density at radius 2 is 1.61 bits per heavy atom. The first-order valence-electron chi connectivity index (χ1n) is 15.5. The van der Waals surface area contributed by atoms with Crippen LogP contribution in [0.25, 0.3) is 5.70 Å². The van der Waals surface area contributed by atoms with Gasteiger partial charge >= 0.3 is 0 Å². The molecule has 1 amide bonds. The van der Waals surface area contributed by atoms with Gasteiger partial charge in [-0.15, -0.1) is 0 Å². The van der Waals surface area contributed by atoms with Gasteiger partial charge in [-0.2, -0.15) is 5.26 Å². The second kappa shape index (κ2) is 14.6. The normalized spacial score (nSPS) is 17.5. The molecule has 0 radical (unpaired) electrons. The lowest BCUT2D eigenvalue weighted by atomic mass is 9.67. The predicted molar refractivity (Wildman–Crippen MR) is 182 cm³/mol. The molecule has 8 heteroatoms. The number of carbonyl (C=O) groups excluding carboxylic acids is 1. The largest absolute Gasteiger partial charge is 0.387 e. The number of amides is 1. The molecule has 0 aliphatic heterocycles. The van der Waals surface area contributed by atoms with Crippen molar-refractivity contribution in [1.29, 1.82) is 10.7 Å². The van der Waals surface area contributed by atoms with E-state index in [1.165, 1.54) is 0 Å². The molecule has 0 heterocycles. The number of benzene rings is 2. The maximum atomic E-state index is 12.9. The molecule has 236 valence electrons. The summed E-state index contributed by atoms with van der Waals surface area (Å²) in [4.78, 5) is 16.5. The standard InChI is InChI=1S/C36H51N7O/c1-10-23(2)17-31(21-37)41-25(4)22-40-24(3)20-36(35(38)39)32-15-13-27(26(5)42(6)7)18-28(32)11-12-29-19-30(14-16-33(29)36)34(44)43(8)9/h13-16,18-19,23-24,31,40-41H,4-5,10-12,17,20,22H2,1-3,6-9H3,(H3,38,39)/t23-,24-,31?,36?/m0/s1. The summed E-state index contributed by atoms with van der Waals surface area (Å²) in [6.07, 6.45) is 3.79. The van der Waals surface area contributed by atoms with Gasteiger partial charge in [-0.3, -0.25) is 10.2 Å². The van der Waals surface area contributed by atoms with E-state index < -0.39 is 5.41 Å². The minimum atomic E-state index is -0.911. The molecular formula is C36H51N7O. The monoisotopic (exact) mass is 597 g/mol. The topological polar surface area (TPSA) is 121 Å². The molecule has 44 heavy (non-hydrogen) atoms. The Balaban J connectivity index is 2.03. The molecule has 0 saturated heterocycles. The Labute approximate surface area is 264 Å². The van der Waals surface area contributed by atoms with Crippen LogP contribution in [-0.4, -0.2) is 68.4 Å². The van der Waals surface area contributed by atoms with Crippen LogP contribution in [0.5, 0.6) is 0 Å². The van der Waals surface area contributed by atoms with Crippen molar-refractivity contribution in [2.24, 2.45) is 11.7 Å². The zero-order valence-electron chi connectivity index (χ0n) is 27.7. The Morgan fingerprint density at radius 1 is 1.05 bits per heavy atom. The molecule has 1 aliphatic rings. The van der Waals surface area contributed by atoms with Crippen molar-refractivity contribution in [2.45, 2.75) is 70.4 Å². The fraction of sp³-hybridized carbons (Fsp3) is 0.472. The molecular weight excluding hydrogens is 546 g/mol. The Morgan fingerprint density at radius 3 is 2.11 bits per heavy atom. The van der Waals surface area contributed by atoms with Crippen molar-refractivity contribution < 1.29 is 4.79 Å². The quantitative estimate of drug-likeness (QED) is 0.179. The summed E-state index contributed by atoms with van der Waals surface area (Å²) in [6, 6.07) is 14.2. The number of hydrogen-bond acceptors (Lipinski definition) is 6. The van der Waals surface area contributed by atoms with E-state index in [1.54, 1.807) is 19.0 Å². The molecule has 0 aromatic heterocycles. The zero-order valence-corrected chi connectivity index (χ0v) is 27.7. The average molecular weight is 598 g/mol. The van der Waals surface area contributed by atoms with Gasteiger partial charge in [-0.25, -0.2) is 0 Å². The Bertz CT molecular complexity index is 1360. The minimum absolute atomic E-state index is 0.0578. The van der Waals surface area contributed by atoms with E-state index in [0.29, 0.717) is 24.4 Å². The highest BCUT2D eigenvalue weighted by molar-refractivity contribution is 5.97. The maximum absolute atomic E-state index is 12.9. The average Bonchev–Trinajstić information content (AvgIpc) is 3.13. The molecule has 2 unspecified atom stereocenters. The minimum Gasteiger partial charge on any atom is -0.387 e. The molecule has 0 fully saturated rings. The second-order valence-corrected chi connectivity index (χ2v) is 12.8. The number of fused-ring (bicyclic) bond motifs is 2. The molecule has 3 rings (SSSR count). The van der Waals surface area contributed by atoms with Crippen LogP contribution in [0.3, 0.4) is 0 Å². The van der Waals surface area contributed by atoms with Gasteiger partial charge in [0.2, 0.25) is 0 Å². The molecule has 8 nitrogen and oxygen atoms in total. The first-order valence-corrected chi connectivity index (χ1v) is 15.5. The number of carbonyl (C=O) groups is 1. The van der Waals surface area contributed by atoms with Gasteiger partial charge in [0.05, 0.1) is 11.5 Å². The molecule has 0 spiro atoms. The highest BCUT2D eigenvalue weighted by Gasteiger charge is 2.43. The SMILES string of the molecule is C=C(CN[C@@H](C)CC1(C(=N)N)c2ccc(C(=C)N(C)C)cc2CCc2cc(C(=O)N(C)C)ccc21)NC(C#N)C[C@@H](C)CC. The highest BCUT2D eigenvalue weighted by atomic mass is 16.2. The number of nitrogens with one attached hydrogen (secondary N) is 3. The molecule has 2 aromatic rings. The van der Waals surface area contributed by atoms with Gasteiger partial charge in [0.1, 0.15) is 11.9 Å². The van der Waals surface area contributed by atoms with Crippen molar-refractivity contribution in [3.63, 3.8) is 0 Å². The van der Waals surface area contributed by atoms with Crippen LogP contribution in [0.2, 0.25) is 0 Å². The smallest absolute Gasteiger partial charge is 0.253 e. The molecule has 5 N–H and O–H groups in total. The van der Waals surface area contributed by atoms with Crippen molar-refractivity contribution in [3.8, 4) is 6.07 Å². The van der Waals surface area contributed by atoms with Gasteiger partial charge in [-0.1, -0.05) is 51.6 Å². The van der Waals surface area contributed by atoms with E-state index in [2.05, 4.69) is 68.8 Å². The fourth-order valence-electron chi connectivity index (χ4n) is 6.14. The van der Waals surface area contributed by atoms with Gasteiger partial charge in [0, 0.05) is 57.7 Å². The summed E-state index contributed by atoms with van der Waals surface area (Å²) in [7, 11) is 7.46. The van der Waals surface area contributed by atoms with E-state index in [-0.39, 0.29) is 23.8 Å². The fourth-order valence-corrected chi connectivity index (χ4v) is 6.14. The van der Waals surface area contributed by atoms with Crippen LogP contribution in [0.4, 0.5) is 0 Å². The predicted octanol–water partition coefficient (Wildman–Crippen LogP) is 5.04. The molecule has 0 bridgehead atoms. The van der Waals surface area contributed by atoms with Crippen LogP contribution in [0.1, 0.15) is 78.2 Å². The zero-order chi connectivity index (χ0) is 32.8. The number of nitriles is 1. The summed E-state index contributed by atoms with van der Waals surface area (Å²) < 4.78 is 0. The van der Waals surface area contributed by atoms with Crippen molar-refractivity contribution in [3.05, 3.63) is 88.6 Å². The van der Waals surface area contributed by atoms with E-state index >= 15 is 0 Å². The van der Waals surface area contributed by atoms with Gasteiger partial charge in [-0.05, 0) is 84.5 Å². The summed E-state index contributed by atoms with van der Waals surface area (Å²) in [5, 5.41) is 25.6. The highest BCUT2D eigenvalue weighted by Crippen LogP contribution is 2.44. The number of rotatable bonds is 14. The number of nitrogens with two attached hydrogens (primary N) is 1. The molecule has 4 atom stereocenters. The maximum Gasteiger partial charge on any atom is 0.253 e. The molecule has 1 aliphatic carbocycles. The van der Waals surface area contributed by atoms with Crippen LogP contribution in [0, 0.1) is 22.7 Å². The van der Waals surface area contributed by atoms with E-state index in [9.17, 15) is 10.1 Å². The lowest BCUT2D eigenvalue weighted by molar-refractivity contribution is 0.0827. The van der Waals surface area contributed by atoms with Crippen molar-refractivity contribution >= 4 is 17.4 Å². The van der Waals surface area contributed by atoms with E-state index in [0.717, 1.165) is 64.9 Å². The van der Waals surface area contributed by atoms with Gasteiger partial charge < -0.3 is 26.2 Å². The Hall–Kier alpha value is -4.09. The van der Waals surface area contributed by atoms with Gasteiger partial charge in [0.15, 0.2) is 0 Å². The third-order valence-electron chi connectivity index (χ3n) is 8.93. The van der Waals surface area contributed by atoms with Crippen LogP contribution >= 0.6 is 0 Å². The molecule has 0 saturated carbocycles. The third-order valence-corrected chi connectivity index (χ3v) is 8.93. The van der Waals surface area contributed by atoms with E-state index in [1.807, 2.05) is 37.2 Å². The third kappa shape index (κ3) is 7.51. The van der Waals surface area contributed by atoms with Crippen molar-refractivity contribution in [2.75, 3.05) is 34.7 Å². The van der Waals surface area contributed by atoms with E-state index in [4.69, 9.17) is 11.1 Å². The van der Waals surface area contributed by atoms with Crippen LogP contribution < -0.4 is 16.4 Å². The number of hydrogen-bond donors (Lipinski definition) is 4. The van der Waals surface area contributed by atoms with Gasteiger partial charge in [0.25, 0.3) is 5.91 Å². The first kappa shape index (κ1) is 34.4. The van der Waals surface area contributed by atoms with Crippen LogP contribution in [0.15, 0.2) is 55.3 Å². The lowest BCUT2D eigenvalue weighted by Gasteiger charge is -2.38. The van der Waals surface area contributed by atoms with Crippen molar-refractivity contribution in [1.82, 2.24) is 20.4 Å². The second-order valence-electron chi connectivity index (χ2n) is 12.8.